The van der Waals surface area contributed by atoms with Gasteiger partial charge in [0.05, 0.1) is 13.1 Å². The van der Waals surface area contributed by atoms with Crippen molar-refractivity contribution in [2.75, 3.05) is 32.8 Å². The molecule has 2 rings (SSSR count). The number of likely N-dealkylation sites (tertiary alicyclic amines) is 1. The minimum absolute atomic E-state index is 0.173. The molecule has 1 amide bonds. The van der Waals surface area contributed by atoms with Gasteiger partial charge in [-0.2, -0.15) is 0 Å². The van der Waals surface area contributed by atoms with Crippen molar-refractivity contribution in [2.45, 2.75) is 38.4 Å². The lowest BCUT2D eigenvalue weighted by atomic mass is 9.94. The van der Waals surface area contributed by atoms with Crippen LogP contribution in [-0.4, -0.2) is 55.0 Å². The van der Waals surface area contributed by atoms with Gasteiger partial charge >= 0.3 is 6.09 Å². The maximum atomic E-state index is 11.8. The molecule has 2 heterocycles. The molecule has 1 spiro atoms. The van der Waals surface area contributed by atoms with Gasteiger partial charge in [0, 0.05) is 13.2 Å². The zero-order valence-electron chi connectivity index (χ0n) is 10.9. The highest BCUT2D eigenvalue weighted by molar-refractivity contribution is 5.69. The van der Waals surface area contributed by atoms with E-state index < -0.39 is 5.60 Å². The molecule has 0 aliphatic carbocycles. The van der Waals surface area contributed by atoms with E-state index >= 15 is 0 Å². The van der Waals surface area contributed by atoms with Gasteiger partial charge in [-0.05, 0) is 33.7 Å². The summed E-state index contributed by atoms with van der Waals surface area (Å²) in [4.78, 5) is 13.5. The first-order valence-electron chi connectivity index (χ1n) is 6.23. The fourth-order valence-corrected chi connectivity index (χ4v) is 2.16. The Kier molecular flexibility index (Phi) is 3.32. The number of hydrogen-bond acceptors (Lipinski definition) is 4. The number of nitrogens with one attached hydrogen (secondary N) is 1. The Balaban J connectivity index is 1.83. The first-order chi connectivity index (χ1) is 7.90. The Morgan fingerprint density at radius 3 is 2.76 bits per heavy atom. The van der Waals surface area contributed by atoms with E-state index in [1.807, 2.05) is 20.8 Å². The summed E-state index contributed by atoms with van der Waals surface area (Å²) in [5, 5.41) is 3.34. The Hall–Kier alpha value is -0.810. The lowest BCUT2D eigenvalue weighted by molar-refractivity contribution is -0.130. The number of amides is 1. The normalized spacial score (nSPS) is 24.1. The minimum Gasteiger partial charge on any atom is -0.444 e. The molecule has 2 fully saturated rings. The number of ether oxygens (including phenoxy) is 2. The van der Waals surface area contributed by atoms with E-state index in [4.69, 9.17) is 9.47 Å². The predicted molar refractivity (Wildman–Crippen MR) is 64.0 cm³/mol. The summed E-state index contributed by atoms with van der Waals surface area (Å²) < 4.78 is 11.1. The van der Waals surface area contributed by atoms with Gasteiger partial charge in [-0.15, -0.1) is 0 Å². The van der Waals surface area contributed by atoms with Crippen LogP contribution in [0.15, 0.2) is 0 Å². The second kappa shape index (κ2) is 4.46. The number of hydrogen-bond donors (Lipinski definition) is 1. The summed E-state index contributed by atoms with van der Waals surface area (Å²) in [7, 11) is 0. The van der Waals surface area contributed by atoms with E-state index in [1.165, 1.54) is 0 Å². The highest BCUT2D eigenvalue weighted by Crippen LogP contribution is 2.27. The molecule has 1 N–H and O–H groups in total. The average Bonchev–Trinajstić information content (AvgIpc) is 2.36. The van der Waals surface area contributed by atoms with E-state index in [-0.39, 0.29) is 11.7 Å². The van der Waals surface area contributed by atoms with Crippen LogP contribution < -0.4 is 5.32 Å². The smallest absolute Gasteiger partial charge is 0.410 e. The van der Waals surface area contributed by atoms with E-state index in [0.717, 1.165) is 26.1 Å². The number of carbonyl (C=O) groups excluding carboxylic acids is 1. The third-order valence-electron chi connectivity index (χ3n) is 2.96. The van der Waals surface area contributed by atoms with Crippen molar-refractivity contribution >= 4 is 6.09 Å². The Bertz CT molecular complexity index is 283. The number of carbonyl (C=O) groups is 1. The van der Waals surface area contributed by atoms with Crippen LogP contribution in [0.3, 0.4) is 0 Å². The topological polar surface area (TPSA) is 50.8 Å². The van der Waals surface area contributed by atoms with Crippen molar-refractivity contribution in [3.8, 4) is 0 Å². The maximum absolute atomic E-state index is 11.8. The van der Waals surface area contributed by atoms with E-state index in [9.17, 15) is 4.79 Å². The lowest BCUT2D eigenvalue weighted by Gasteiger charge is -2.48. The molecular weight excluding hydrogens is 220 g/mol. The van der Waals surface area contributed by atoms with Crippen molar-refractivity contribution in [1.29, 1.82) is 0 Å². The van der Waals surface area contributed by atoms with Crippen LogP contribution in [-0.2, 0) is 9.47 Å². The molecule has 0 atom stereocenters. The van der Waals surface area contributed by atoms with Gasteiger partial charge in [0.25, 0.3) is 0 Å². The van der Waals surface area contributed by atoms with Crippen molar-refractivity contribution in [2.24, 2.45) is 0 Å². The van der Waals surface area contributed by atoms with Gasteiger partial charge in [-0.3, -0.25) is 0 Å². The average molecular weight is 242 g/mol. The van der Waals surface area contributed by atoms with Crippen molar-refractivity contribution in [3.05, 3.63) is 0 Å². The Morgan fingerprint density at radius 1 is 1.41 bits per heavy atom. The summed E-state index contributed by atoms with van der Waals surface area (Å²) in [6.07, 6.45) is 0.796. The van der Waals surface area contributed by atoms with Crippen LogP contribution in [0.4, 0.5) is 4.79 Å². The lowest BCUT2D eigenvalue weighted by Crippen LogP contribution is -2.68. The molecule has 0 aromatic heterocycles. The molecular formula is C12H22N2O3. The number of nitrogens with zero attached hydrogens (tertiary/aromatic N) is 1. The van der Waals surface area contributed by atoms with Crippen molar-refractivity contribution in [3.63, 3.8) is 0 Å². The molecule has 2 saturated heterocycles. The summed E-state index contributed by atoms with van der Waals surface area (Å²) >= 11 is 0. The van der Waals surface area contributed by atoms with Gasteiger partial charge in [0.15, 0.2) is 0 Å². The molecule has 0 unspecified atom stereocenters. The van der Waals surface area contributed by atoms with E-state index in [0.29, 0.717) is 13.1 Å². The van der Waals surface area contributed by atoms with Gasteiger partial charge in [0.2, 0.25) is 0 Å². The summed E-state index contributed by atoms with van der Waals surface area (Å²) in [5.74, 6) is 0. The highest BCUT2D eigenvalue weighted by atomic mass is 16.6. The zero-order valence-corrected chi connectivity index (χ0v) is 10.9. The molecule has 0 aromatic carbocycles. The molecule has 2 aliphatic rings. The highest BCUT2D eigenvalue weighted by Gasteiger charge is 2.47. The standard InChI is InChI=1S/C12H22N2O3/c1-11(2,3)17-10(15)14-8-12(9-14)7-13-5-4-6-16-12/h13H,4-9H2,1-3H3. The van der Waals surface area contributed by atoms with Crippen molar-refractivity contribution in [1.82, 2.24) is 10.2 Å². The summed E-state index contributed by atoms with van der Waals surface area (Å²) in [6, 6.07) is 0. The molecule has 98 valence electrons. The fourth-order valence-electron chi connectivity index (χ4n) is 2.16. The molecule has 0 bridgehead atoms. The van der Waals surface area contributed by atoms with Crippen LogP contribution >= 0.6 is 0 Å². The third-order valence-corrected chi connectivity index (χ3v) is 2.96. The first-order valence-corrected chi connectivity index (χ1v) is 6.23. The van der Waals surface area contributed by atoms with Gasteiger partial charge in [-0.1, -0.05) is 0 Å². The van der Waals surface area contributed by atoms with E-state index in [2.05, 4.69) is 5.32 Å². The van der Waals surface area contributed by atoms with Crippen LogP contribution in [0.25, 0.3) is 0 Å². The van der Waals surface area contributed by atoms with Crippen LogP contribution in [0.1, 0.15) is 27.2 Å². The minimum atomic E-state index is -0.428. The SMILES string of the molecule is CC(C)(C)OC(=O)N1CC2(CNCCCO2)C1. The second-order valence-electron chi connectivity index (χ2n) is 5.90. The summed E-state index contributed by atoms with van der Waals surface area (Å²) in [6.45, 7) is 9.50. The first kappa shape index (κ1) is 12.6. The quantitative estimate of drug-likeness (QED) is 0.688. The van der Waals surface area contributed by atoms with Gasteiger partial charge < -0.3 is 19.7 Å². The molecule has 17 heavy (non-hydrogen) atoms. The molecule has 0 aromatic rings. The molecule has 0 saturated carbocycles. The molecule has 5 nitrogen and oxygen atoms in total. The second-order valence-corrected chi connectivity index (χ2v) is 5.90. The maximum Gasteiger partial charge on any atom is 0.410 e. The Morgan fingerprint density at radius 2 is 2.12 bits per heavy atom. The monoisotopic (exact) mass is 242 g/mol. The van der Waals surface area contributed by atoms with E-state index in [1.54, 1.807) is 4.90 Å². The predicted octanol–water partition coefficient (Wildman–Crippen LogP) is 0.986. The largest absolute Gasteiger partial charge is 0.444 e. The number of rotatable bonds is 0. The molecule has 0 radical (unpaired) electrons. The Labute approximate surface area is 102 Å². The zero-order chi connectivity index (χ0) is 12.5. The third kappa shape index (κ3) is 3.10. The van der Waals surface area contributed by atoms with Crippen molar-refractivity contribution < 1.29 is 14.3 Å². The fraction of sp³-hybridized carbons (Fsp3) is 0.917. The molecule has 2 aliphatic heterocycles. The van der Waals surface area contributed by atoms with Gasteiger partial charge in [0.1, 0.15) is 11.2 Å². The van der Waals surface area contributed by atoms with Gasteiger partial charge in [-0.25, -0.2) is 4.79 Å². The van der Waals surface area contributed by atoms with Crippen LogP contribution in [0.5, 0.6) is 0 Å². The summed E-state index contributed by atoms with van der Waals surface area (Å²) in [5.41, 5.74) is -0.601. The molecule has 5 heteroatoms. The van der Waals surface area contributed by atoms with Crippen LogP contribution in [0.2, 0.25) is 0 Å². The van der Waals surface area contributed by atoms with Crippen LogP contribution in [0, 0.1) is 0 Å².